The Morgan fingerprint density at radius 3 is 2.83 bits per heavy atom. The van der Waals surface area contributed by atoms with Gasteiger partial charge in [-0.3, -0.25) is 9.89 Å². The number of likely N-dealkylation sites (tertiary alicyclic amines) is 1. The highest BCUT2D eigenvalue weighted by Gasteiger charge is 2.38. The quantitative estimate of drug-likeness (QED) is 0.432. The first-order valence-corrected chi connectivity index (χ1v) is 12.7. The zero-order valence-corrected chi connectivity index (χ0v) is 21.5. The number of aliphatic imine (C=N–C) groups is 1. The van der Waals surface area contributed by atoms with E-state index < -0.39 is 42.7 Å². The van der Waals surface area contributed by atoms with Crippen LogP contribution in [-0.2, 0) is 19.1 Å². The van der Waals surface area contributed by atoms with E-state index in [9.17, 15) is 18.4 Å². The molecule has 4 rings (SSSR count). The molecule has 13 heteroatoms. The summed E-state index contributed by atoms with van der Waals surface area (Å²) in [5.74, 6) is -1.84. The second kappa shape index (κ2) is 11.5. The number of benzene rings is 1. The normalized spacial score (nSPS) is 22.3. The summed E-state index contributed by atoms with van der Waals surface area (Å²) < 4.78 is 39.4. The summed E-state index contributed by atoms with van der Waals surface area (Å²) in [4.78, 5) is 34.8. The SMILES string of the molecule is CCOC(=O)C1=C(CN2C[C@@H](F)[C@H](OCC(=O)O)C2)NC(c2nccs2)=N[C@H]1c1ccc(F)cc1Br. The van der Waals surface area contributed by atoms with Crippen LogP contribution in [0.25, 0.3) is 0 Å². The molecule has 3 atom stereocenters. The molecule has 192 valence electrons. The molecule has 0 saturated carbocycles. The number of nitrogens with one attached hydrogen (secondary N) is 1. The number of carbonyl (C=O) groups is 2. The van der Waals surface area contributed by atoms with Crippen LogP contribution >= 0.6 is 27.3 Å². The van der Waals surface area contributed by atoms with E-state index in [2.05, 4.69) is 26.2 Å². The Hall–Kier alpha value is -2.74. The van der Waals surface area contributed by atoms with E-state index in [1.54, 1.807) is 29.5 Å². The van der Waals surface area contributed by atoms with Crippen LogP contribution in [0, 0.1) is 5.82 Å². The van der Waals surface area contributed by atoms with Crippen molar-refractivity contribution in [3.63, 3.8) is 0 Å². The van der Waals surface area contributed by atoms with E-state index in [4.69, 9.17) is 19.6 Å². The molecule has 1 fully saturated rings. The number of thiazole rings is 1. The van der Waals surface area contributed by atoms with Crippen LogP contribution in [0.3, 0.4) is 0 Å². The summed E-state index contributed by atoms with van der Waals surface area (Å²) in [7, 11) is 0. The molecule has 0 amide bonds. The Labute approximate surface area is 218 Å². The van der Waals surface area contributed by atoms with Gasteiger partial charge in [0.25, 0.3) is 0 Å². The zero-order chi connectivity index (χ0) is 25.8. The first-order chi connectivity index (χ1) is 17.3. The van der Waals surface area contributed by atoms with Crippen molar-refractivity contribution in [3.8, 4) is 0 Å². The number of halogens is 3. The Kier molecular flexibility index (Phi) is 8.44. The number of esters is 1. The van der Waals surface area contributed by atoms with Gasteiger partial charge in [-0.05, 0) is 24.6 Å². The van der Waals surface area contributed by atoms with Crippen molar-refractivity contribution in [2.45, 2.75) is 25.2 Å². The predicted octanol–water partition coefficient (Wildman–Crippen LogP) is 3.08. The third-order valence-electron chi connectivity index (χ3n) is 5.59. The van der Waals surface area contributed by atoms with Crippen molar-refractivity contribution in [3.05, 3.63) is 61.9 Å². The van der Waals surface area contributed by atoms with E-state index in [1.165, 1.54) is 23.5 Å². The third kappa shape index (κ3) is 5.97. The monoisotopic (exact) mass is 584 g/mol. The molecule has 2 N–H and O–H groups in total. The Bertz CT molecular complexity index is 1190. The minimum absolute atomic E-state index is 0.0137. The molecule has 2 aliphatic heterocycles. The second-order valence-electron chi connectivity index (χ2n) is 8.07. The van der Waals surface area contributed by atoms with Crippen molar-refractivity contribution in [2.24, 2.45) is 4.99 Å². The molecule has 2 aromatic rings. The summed E-state index contributed by atoms with van der Waals surface area (Å²) in [6, 6.07) is 3.26. The number of carboxylic acid groups (broad SMARTS) is 1. The topological polar surface area (TPSA) is 113 Å². The molecule has 1 saturated heterocycles. The van der Waals surface area contributed by atoms with Crippen molar-refractivity contribution in [2.75, 3.05) is 32.8 Å². The lowest BCUT2D eigenvalue weighted by Crippen LogP contribution is -2.39. The number of carbonyl (C=O) groups excluding carboxylic acids is 1. The molecular formula is C23H23BrF2N4O5S. The van der Waals surface area contributed by atoms with Gasteiger partial charge < -0.3 is 19.9 Å². The highest BCUT2D eigenvalue weighted by molar-refractivity contribution is 9.10. The number of rotatable bonds is 9. The van der Waals surface area contributed by atoms with Gasteiger partial charge in [0.15, 0.2) is 10.8 Å². The molecule has 0 unspecified atom stereocenters. The highest BCUT2D eigenvalue weighted by Crippen LogP contribution is 2.37. The highest BCUT2D eigenvalue weighted by atomic mass is 79.9. The maximum absolute atomic E-state index is 14.6. The van der Waals surface area contributed by atoms with Gasteiger partial charge in [0, 0.05) is 41.4 Å². The molecule has 1 aromatic carbocycles. The molecule has 0 radical (unpaired) electrons. The summed E-state index contributed by atoms with van der Waals surface area (Å²) >= 11 is 4.72. The zero-order valence-electron chi connectivity index (χ0n) is 19.1. The number of hydrogen-bond donors (Lipinski definition) is 2. The lowest BCUT2D eigenvalue weighted by Gasteiger charge is -2.29. The fourth-order valence-corrected chi connectivity index (χ4v) is 5.22. The number of hydrogen-bond acceptors (Lipinski definition) is 9. The summed E-state index contributed by atoms with van der Waals surface area (Å²) in [5, 5.41) is 14.4. The number of carboxylic acids is 1. The van der Waals surface area contributed by atoms with Gasteiger partial charge in [-0.25, -0.2) is 23.4 Å². The lowest BCUT2D eigenvalue weighted by molar-refractivity contribution is -0.145. The number of nitrogens with zero attached hydrogens (tertiary/aromatic N) is 3. The van der Waals surface area contributed by atoms with E-state index in [0.717, 1.165) is 0 Å². The van der Waals surface area contributed by atoms with Gasteiger partial charge in [-0.2, -0.15) is 0 Å². The van der Waals surface area contributed by atoms with E-state index in [1.807, 2.05) is 0 Å². The second-order valence-corrected chi connectivity index (χ2v) is 9.82. The van der Waals surface area contributed by atoms with Crippen molar-refractivity contribution in [1.82, 2.24) is 15.2 Å². The first-order valence-electron chi connectivity index (χ1n) is 11.1. The van der Waals surface area contributed by atoms with Crippen LogP contribution in [-0.4, -0.2) is 77.9 Å². The van der Waals surface area contributed by atoms with Crippen LogP contribution < -0.4 is 5.32 Å². The third-order valence-corrected chi connectivity index (χ3v) is 7.06. The molecule has 0 spiro atoms. The standard InChI is InChI=1S/C23H23BrF2N4O5S/c1-2-34-23(33)19-16(9-30-8-15(26)17(10-30)35-11-18(31)32)28-21(22-27-5-6-36-22)29-20(19)13-4-3-12(25)7-14(13)24/h3-7,15,17,20H,2,8-11H2,1H3,(H,28,29)(H,31,32)/t15-,17-,20+/m1/s1. The largest absolute Gasteiger partial charge is 0.480 e. The van der Waals surface area contributed by atoms with Crippen LogP contribution in [0.2, 0.25) is 0 Å². The van der Waals surface area contributed by atoms with Crippen LogP contribution in [0.4, 0.5) is 8.78 Å². The van der Waals surface area contributed by atoms with Gasteiger partial charge in [-0.1, -0.05) is 22.0 Å². The average Bonchev–Trinajstić information content (AvgIpc) is 3.47. The maximum Gasteiger partial charge on any atom is 0.338 e. The van der Waals surface area contributed by atoms with E-state index >= 15 is 0 Å². The van der Waals surface area contributed by atoms with Crippen LogP contribution in [0.5, 0.6) is 0 Å². The first kappa shape index (κ1) is 26.3. The molecule has 0 aliphatic carbocycles. The minimum atomic E-state index is -1.39. The Morgan fingerprint density at radius 2 is 2.17 bits per heavy atom. The minimum Gasteiger partial charge on any atom is -0.480 e. The molecule has 1 aromatic heterocycles. The van der Waals surface area contributed by atoms with Gasteiger partial charge in [0.05, 0.1) is 12.2 Å². The molecule has 9 nitrogen and oxygen atoms in total. The average molecular weight is 585 g/mol. The van der Waals surface area contributed by atoms with Crippen molar-refractivity contribution < 1.29 is 33.0 Å². The van der Waals surface area contributed by atoms with Crippen molar-refractivity contribution >= 4 is 45.0 Å². The van der Waals surface area contributed by atoms with Crippen molar-refractivity contribution in [1.29, 1.82) is 0 Å². The van der Waals surface area contributed by atoms with E-state index in [0.29, 0.717) is 26.6 Å². The fraction of sp³-hybridized carbons (Fsp3) is 0.391. The van der Waals surface area contributed by atoms with Gasteiger partial charge in [0.2, 0.25) is 0 Å². The number of aromatic nitrogens is 1. The van der Waals surface area contributed by atoms with Gasteiger partial charge in [-0.15, -0.1) is 11.3 Å². The summed E-state index contributed by atoms with van der Waals surface area (Å²) in [6.45, 7) is 1.43. The molecule has 36 heavy (non-hydrogen) atoms. The van der Waals surface area contributed by atoms with Crippen LogP contribution in [0.1, 0.15) is 23.5 Å². The summed E-state index contributed by atoms with van der Waals surface area (Å²) in [5.41, 5.74) is 1.18. The fourth-order valence-electron chi connectivity index (χ4n) is 4.06. The van der Waals surface area contributed by atoms with Gasteiger partial charge in [0.1, 0.15) is 30.7 Å². The molecule has 0 bridgehead atoms. The number of amidine groups is 1. The number of aliphatic carboxylic acids is 1. The van der Waals surface area contributed by atoms with E-state index in [-0.39, 0.29) is 31.8 Å². The Morgan fingerprint density at radius 1 is 1.36 bits per heavy atom. The molecule has 2 aliphatic rings. The van der Waals surface area contributed by atoms with Gasteiger partial charge >= 0.3 is 11.9 Å². The maximum atomic E-state index is 14.6. The Balaban J connectivity index is 1.72. The summed E-state index contributed by atoms with van der Waals surface area (Å²) in [6.07, 6.45) is -0.685. The lowest BCUT2D eigenvalue weighted by atomic mass is 9.95. The predicted molar refractivity (Wildman–Crippen MR) is 131 cm³/mol. The number of ether oxygens (including phenoxy) is 2. The smallest absolute Gasteiger partial charge is 0.338 e. The molecular weight excluding hydrogens is 562 g/mol. The van der Waals surface area contributed by atoms with Crippen LogP contribution in [0.15, 0.2) is 50.5 Å². The molecule has 3 heterocycles. The number of alkyl halides is 1.